The van der Waals surface area contributed by atoms with Crippen molar-refractivity contribution in [3.8, 4) is 0 Å². The molecule has 0 radical (unpaired) electrons. The Bertz CT molecular complexity index is 559. The van der Waals surface area contributed by atoms with Crippen molar-refractivity contribution in [2.75, 3.05) is 7.11 Å². The highest BCUT2D eigenvalue weighted by Gasteiger charge is 1.97. The van der Waals surface area contributed by atoms with Crippen molar-refractivity contribution in [3.63, 3.8) is 0 Å². The normalized spacial score (nSPS) is 10.6. The maximum Gasteiger partial charge on any atom is 0.330 e. The van der Waals surface area contributed by atoms with Gasteiger partial charge in [-0.25, -0.2) is 4.79 Å². The number of esters is 1. The summed E-state index contributed by atoms with van der Waals surface area (Å²) in [6.45, 7) is 0. The number of methoxy groups -OCH3 is 1. The Morgan fingerprint density at radius 1 is 1.00 bits per heavy atom. The highest BCUT2D eigenvalue weighted by Crippen LogP contribution is 2.27. The molecule has 0 amide bonds. The van der Waals surface area contributed by atoms with Gasteiger partial charge in [0.25, 0.3) is 0 Å². The van der Waals surface area contributed by atoms with E-state index in [1.165, 1.54) is 23.0 Å². The fourth-order valence-electron chi connectivity index (χ4n) is 1.50. The minimum Gasteiger partial charge on any atom is -0.466 e. The zero-order chi connectivity index (χ0) is 13.5. The standard InChI is InChI=1S/C16H14O2S/c1-18-16(17)12-9-13-7-10-15(11-8-13)19-14-5-3-2-4-6-14/h2-12H,1H3/b12-9+. The van der Waals surface area contributed by atoms with Crippen LogP contribution >= 0.6 is 11.8 Å². The van der Waals surface area contributed by atoms with E-state index in [2.05, 4.69) is 16.9 Å². The Morgan fingerprint density at radius 2 is 1.63 bits per heavy atom. The summed E-state index contributed by atoms with van der Waals surface area (Å²) in [4.78, 5) is 13.4. The van der Waals surface area contributed by atoms with Crippen molar-refractivity contribution in [1.82, 2.24) is 0 Å². The zero-order valence-electron chi connectivity index (χ0n) is 10.6. The van der Waals surface area contributed by atoms with Gasteiger partial charge in [0.15, 0.2) is 0 Å². The first-order chi connectivity index (χ1) is 9.28. The summed E-state index contributed by atoms with van der Waals surface area (Å²) in [6, 6.07) is 18.2. The van der Waals surface area contributed by atoms with Crippen LogP contribution in [0, 0.1) is 0 Å². The molecule has 0 saturated heterocycles. The number of hydrogen-bond acceptors (Lipinski definition) is 3. The van der Waals surface area contributed by atoms with E-state index in [0.717, 1.165) is 5.56 Å². The Hall–Kier alpha value is -2.00. The van der Waals surface area contributed by atoms with Crippen LogP contribution in [0.2, 0.25) is 0 Å². The predicted molar refractivity (Wildman–Crippen MR) is 78.1 cm³/mol. The van der Waals surface area contributed by atoms with Gasteiger partial charge in [-0.2, -0.15) is 0 Å². The molecule has 2 rings (SSSR count). The number of carbonyl (C=O) groups excluding carboxylic acids is 1. The van der Waals surface area contributed by atoms with E-state index in [9.17, 15) is 4.79 Å². The first-order valence-corrected chi connectivity index (χ1v) is 6.68. The fraction of sp³-hybridized carbons (Fsp3) is 0.0625. The van der Waals surface area contributed by atoms with Crippen LogP contribution in [-0.4, -0.2) is 13.1 Å². The number of benzene rings is 2. The summed E-state index contributed by atoms with van der Waals surface area (Å²) in [5, 5.41) is 0. The molecule has 2 aromatic rings. The van der Waals surface area contributed by atoms with E-state index < -0.39 is 0 Å². The van der Waals surface area contributed by atoms with Gasteiger partial charge in [-0.05, 0) is 35.9 Å². The van der Waals surface area contributed by atoms with Gasteiger partial charge in [0.1, 0.15) is 0 Å². The molecule has 0 N–H and O–H groups in total. The molecular weight excluding hydrogens is 256 g/mol. The van der Waals surface area contributed by atoms with Crippen molar-refractivity contribution >= 4 is 23.8 Å². The van der Waals surface area contributed by atoms with Gasteiger partial charge in [0, 0.05) is 15.9 Å². The first-order valence-electron chi connectivity index (χ1n) is 5.87. The lowest BCUT2D eigenvalue weighted by Crippen LogP contribution is -1.93. The minimum atomic E-state index is -0.345. The molecule has 0 spiro atoms. The second-order valence-electron chi connectivity index (χ2n) is 3.84. The maximum atomic E-state index is 11.0. The van der Waals surface area contributed by atoms with E-state index in [4.69, 9.17) is 0 Å². The van der Waals surface area contributed by atoms with Crippen LogP contribution in [0.1, 0.15) is 5.56 Å². The molecule has 2 aromatic carbocycles. The Balaban J connectivity index is 2.03. The smallest absolute Gasteiger partial charge is 0.330 e. The number of carbonyl (C=O) groups is 1. The second-order valence-corrected chi connectivity index (χ2v) is 4.99. The lowest BCUT2D eigenvalue weighted by molar-refractivity contribution is -0.134. The Morgan fingerprint density at radius 3 is 2.26 bits per heavy atom. The molecule has 0 aromatic heterocycles. The van der Waals surface area contributed by atoms with Crippen LogP contribution in [0.25, 0.3) is 6.08 Å². The molecule has 0 aliphatic carbocycles. The van der Waals surface area contributed by atoms with Crippen LogP contribution in [0.4, 0.5) is 0 Å². The van der Waals surface area contributed by atoms with Gasteiger partial charge in [-0.1, -0.05) is 42.1 Å². The minimum absolute atomic E-state index is 0.345. The van der Waals surface area contributed by atoms with E-state index in [1.54, 1.807) is 17.8 Å². The van der Waals surface area contributed by atoms with E-state index in [0.29, 0.717) is 0 Å². The van der Waals surface area contributed by atoms with Crippen molar-refractivity contribution < 1.29 is 9.53 Å². The lowest BCUT2D eigenvalue weighted by atomic mass is 10.2. The van der Waals surface area contributed by atoms with Crippen molar-refractivity contribution in [2.24, 2.45) is 0 Å². The van der Waals surface area contributed by atoms with Crippen LogP contribution < -0.4 is 0 Å². The molecule has 0 atom stereocenters. The molecule has 0 bridgehead atoms. The first kappa shape index (κ1) is 13.4. The van der Waals surface area contributed by atoms with Gasteiger partial charge < -0.3 is 4.74 Å². The van der Waals surface area contributed by atoms with Crippen LogP contribution in [-0.2, 0) is 9.53 Å². The molecule has 0 heterocycles. The summed E-state index contributed by atoms with van der Waals surface area (Å²) >= 11 is 1.71. The summed E-state index contributed by atoms with van der Waals surface area (Å²) in [6.07, 6.45) is 3.15. The van der Waals surface area contributed by atoms with Crippen molar-refractivity contribution in [1.29, 1.82) is 0 Å². The van der Waals surface area contributed by atoms with E-state index in [-0.39, 0.29) is 5.97 Å². The monoisotopic (exact) mass is 270 g/mol. The van der Waals surface area contributed by atoms with Gasteiger partial charge in [-0.15, -0.1) is 0 Å². The molecule has 0 fully saturated rings. The largest absolute Gasteiger partial charge is 0.466 e. The molecule has 0 aliphatic rings. The van der Waals surface area contributed by atoms with Gasteiger partial charge in [0.2, 0.25) is 0 Å². The fourth-order valence-corrected chi connectivity index (χ4v) is 2.34. The maximum absolute atomic E-state index is 11.0. The van der Waals surface area contributed by atoms with Crippen molar-refractivity contribution in [2.45, 2.75) is 9.79 Å². The van der Waals surface area contributed by atoms with Gasteiger partial charge >= 0.3 is 5.97 Å². The zero-order valence-corrected chi connectivity index (χ0v) is 11.4. The molecule has 2 nitrogen and oxygen atoms in total. The number of ether oxygens (including phenoxy) is 1. The predicted octanol–water partition coefficient (Wildman–Crippen LogP) is 4.02. The van der Waals surface area contributed by atoms with Crippen LogP contribution in [0.15, 0.2) is 70.5 Å². The average Bonchev–Trinajstić information content (AvgIpc) is 2.47. The summed E-state index contributed by atoms with van der Waals surface area (Å²) < 4.78 is 4.54. The third kappa shape index (κ3) is 4.30. The quantitative estimate of drug-likeness (QED) is 0.620. The van der Waals surface area contributed by atoms with Crippen LogP contribution in [0.5, 0.6) is 0 Å². The molecule has 96 valence electrons. The third-order valence-electron chi connectivity index (χ3n) is 2.47. The number of rotatable bonds is 4. The molecule has 19 heavy (non-hydrogen) atoms. The molecule has 0 aliphatic heterocycles. The summed E-state index contributed by atoms with van der Waals surface area (Å²) in [7, 11) is 1.37. The Labute approximate surface area is 117 Å². The van der Waals surface area contributed by atoms with E-state index >= 15 is 0 Å². The van der Waals surface area contributed by atoms with Crippen molar-refractivity contribution in [3.05, 3.63) is 66.2 Å². The number of hydrogen-bond donors (Lipinski definition) is 0. The third-order valence-corrected chi connectivity index (χ3v) is 3.49. The SMILES string of the molecule is COC(=O)/C=C/c1ccc(Sc2ccccc2)cc1. The highest BCUT2D eigenvalue weighted by atomic mass is 32.2. The molecule has 3 heteroatoms. The van der Waals surface area contributed by atoms with E-state index in [1.807, 2.05) is 42.5 Å². The molecule has 0 unspecified atom stereocenters. The lowest BCUT2D eigenvalue weighted by Gasteiger charge is -2.01. The van der Waals surface area contributed by atoms with Crippen LogP contribution in [0.3, 0.4) is 0 Å². The Kier molecular flexibility index (Phi) is 4.81. The highest BCUT2D eigenvalue weighted by molar-refractivity contribution is 7.99. The summed E-state index contributed by atoms with van der Waals surface area (Å²) in [5.74, 6) is -0.345. The topological polar surface area (TPSA) is 26.3 Å². The second kappa shape index (κ2) is 6.81. The summed E-state index contributed by atoms with van der Waals surface area (Å²) in [5.41, 5.74) is 0.975. The van der Waals surface area contributed by atoms with Gasteiger partial charge in [0.05, 0.1) is 7.11 Å². The van der Waals surface area contributed by atoms with Gasteiger partial charge in [-0.3, -0.25) is 0 Å². The molecule has 0 saturated carbocycles. The molecular formula is C16H14O2S. The average molecular weight is 270 g/mol.